The first-order chi connectivity index (χ1) is 13.5. The van der Waals surface area contributed by atoms with Gasteiger partial charge in [0.05, 0.1) is 19.5 Å². The number of carbonyl (C=O) groups is 2. The van der Waals surface area contributed by atoms with Crippen molar-refractivity contribution in [3.63, 3.8) is 0 Å². The van der Waals surface area contributed by atoms with Crippen molar-refractivity contribution in [1.29, 1.82) is 0 Å². The van der Waals surface area contributed by atoms with Gasteiger partial charge in [-0.25, -0.2) is 0 Å². The summed E-state index contributed by atoms with van der Waals surface area (Å²) < 4.78 is 0. The predicted molar refractivity (Wildman–Crippen MR) is 111 cm³/mol. The van der Waals surface area contributed by atoms with E-state index in [0.29, 0.717) is 6.42 Å². The van der Waals surface area contributed by atoms with E-state index < -0.39 is 0 Å². The Balaban J connectivity index is 1.41. The summed E-state index contributed by atoms with van der Waals surface area (Å²) in [6.07, 6.45) is 2.35. The van der Waals surface area contributed by atoms with Crippen LogP contribution in [-0.4, -0.2) is 30.9 Å². The molecule has 5 nitrogen and oxygen atoms in total. The Labute approximate surface area is 171 Å². The van der Waals surface area contributed by atoms with Crippen molar-refractivity contribution in [2.45, 2.75) is 38.8 Å². The molecule has 1 heterocycles. The van der Waals surface area contributed by atoms with Gasteiger partial charge in [-0.05, 0) is 29.8 Å². The van der Waals surface area contributed by atoms with Gasteiger partial charge < -0.3 is 15.5 Å². The molecule has 28 heavy (non-hydrogen) atoms. The van der Waals surface area contributed by atoms with Crippen LogP contribution in [0.5, 0.6) is 0 Å². The van der Waals surface area contributed by atoms with Crippen molar-refractivity contribution in [1.82, 2.24) is 5.32 Å². The maximum Gasteiger partial charge on any atom is 0.224 e. The number of nitrogens with one attached hydrogen (secondary N) is 3. The molecule has 0 aliphatic carbocycles. The third-order valence-corrected chi connectivity index (χ3v) is 5.32. The van der Waals surface area contributed by atoms with E-state index in [2.05, 4.69) is 22.8 Å². The second-order valence-electron chi connectivity index (χ2n) is 7.45. The summed E-state index contributed by atoms with van der Waals surface area (Å²) in [6, 6.07) is 15.7. The number of carbonyl (C=O) groups excluding carboxylic acids is 2. The lowest BCUT2D eigenvalue weighted by Gasteiger charge is -2.30. The highest BCUT2D eigenvalue weighted by Gasteiger charge is 2.23. The van der Waals surface area contributed by atoms with E-state index in [1.54, 1.807) is 4.90 Å². The van der Waals surface area contributed by atoms with E-state index in [9.17, 15) is 9.59 Å². The summed E-state index contributed by atoms with van der Waals surface area (Å²) in [6.45, 7) is 4.58. The topological polar surface area (TPSA) is 62.6 Å². The first-order valence-corrected chi connectivity index (χ1v) is 10.1. The second-order valence-corrected chi connectivity index (χ2v) is 7.89. The van der Waals surface area contributed by atoms with Crippen LogP contribution in [0.15, 0.2) is 48.5 Å². The summed E-state index contributed by atoms with van der Waals surface area (Å²) in [5, 5.41) is 6.66. The molecule has 0 unspecified atom stereocenters. The fraction of sp³-hybridized carbons (Fsp3) is 0.364. The molecule has 2 amide bonds. The molecule has 1 aliphatic heterocycles. The van der Waals surface area contributed by atoms with Crippen LogP contribution in [0.1, 0.15) is 30.9 Å². The normalized spacial score (nSPS) is 19.1. The number of benzene rings is 2. The van der Waals surface area contributed by atoms with Gasteiger partial charge in [0.2, 0.25) is 11.8 Å². The number of hydrogen-bond donors (Lipinski definition) is 3. The zero-order chi connectivity index (χ0) is 19.9. The van der Waals surface area contributed by atoms with Crippen molar-refractivity contribution >= 4 is 29.1 Å². The predicted octanol–water partition coefficient (Wildman–Crippen LogP) is 2.20. The Hall–Kier alpha value is -2.37. The first kappa shape index (κ1) is 20.4. The molecule has 6 heteroatoms. The van der Waals surface area contributed by atoms with Crippen LogP contribution in [-0.2, 0) is 22.6 Å². The zero-order valence-electron chi connectivity index (χ0n) is 16.1. The minimum Gasteiger partial charge on any atom is -0.353 e. The van der Waals surface area contributed by atoms with Crippen LogP contribution < -0.4 is 15.5 Å². The van der Waals surface area contributed by atoms with Crippen LogP contribution in [0.2, 0.25) is 5.02 Å². The lowest BCUT2D eigenvalue weighted by atomic mass is 10.0. The lowest BCUT2D eigenvalue weighted by molar-refractivity contribution is -0.918. The van der Waals surface area contributed by atoms with E-state index in [-0.39, 0.29) is 17.9 Å². The third-order valence-electron chi connectivity index (χ3n) is 5.06. The van der Waals surface area contributed by atoms with Gasteiger partial charge in [-0.3, -0.25) is 9.59 Å². The zero-order valence-corrected chi connectivity index (χ0v) is 16.9. The molecule has 2 aromatic carbocycles. The number of anilines is 1. The van der Waals surface area contributed by atoms with Gasteiger partial charge in [-0.2, -0.15) is 0 Å². The molecule has 3 rings (SSSR count). The molecular weight excluding hydrogens is 374 g/mol. The van der Waals surface area contributed by atoms with Crippen LogP contribution in [0, 0.1) is 0 Å². The fourth-order valence-electron chi connectivity index (χ4n) is 3.61. The van der Waals surface area contributed by atoms with Crippen molar-refractivity contribution in [3.05, 3.63) is 64.7 Å². The maximum atomic E-state index is 12.3. The van der Waals surface area contributed by atoms with E-state index >= 15 is 0 Å². The molecule has 0 radical (unpaired) electrons. The second kappa shape index (κ2) is 9.71. The van der Waals surface area contributed by atoms with Crippen molar-refractivity contribution < 1.29 is 14.5 Å². The quantitative estimate of drug-likeness (QED) is 0.696. The standard InChI is InChI=1S/C22H26ClN3O2/c1-16(27)24-20-8-4-17(5-9-20)14-22(28)25-21-10-12-26(13-11-21)15-18-2-6-19(23)7-3-18/h2-9,21H,10-15H2,1H3,(H,24,27)(H,25,28)/p+1. The number of quaternary nitrogens is 1. The largest absolute Gasteiger partial charge is 0.353 e. The van der Waals surface area contributed by atoms with Gasteiger partial charge in [0.25, 0.3) is 0 Å². The molecule has 3 N–H and O–H groups in total. The SMILES string of the molecule is CC(=O)Nc1ccc(CC(=O)NC2CC[NH+](Cc3ccc(Cl)cc3)CC2)cc1. The van der Waals surface area contributed by atoms with Gasteiger partial charge in [0, 0.05) is 42.1 Å². The number of rotatable bonds is 6. The Morgan fingerprint density at radius 2 is 1.61 bits per heavy atom. The van der Waals surface area contributed by atoms with Crippen molar-refractivity contribution in [2.24, 2.45) is 0 Å². The molecule has 1 saturated heterocycles. The summed E-state index contributed by atoms with van der Waals surface area (Å²) in [5.74, 6) is -0.0477. The van der Waals surface area contributed by atoms with E-state index in [4.69, 9.17) is 11.6 Å². The highest BCUT2D eigenvalue weighted by molar-refractivity contribution is 6.30. The van der Waals surface area contributed by atoms with Crippen LogP contribution in [0.3, 0.4) is 0 Å². The Kier molecular flexibility index (Phi) is 7.06. The molecular formula is C22H27ClN3O2+. The van der Waals surface area contributed by atoms with Gasteiger partial charge in [0.1, 0.15) is 6.54 Å². The van der Waals surface area contributed by atoms with E-state index in [1.165, 1.54) is 12.5 Å². The molecule has 1 aliphatic rings. The van der Waals surface area contributed by atoms with Gasteiger partial charge in [-0.15, -0.1) is 0 Å². The highest BCUT2D eigenvalue weighted by Crippen LogP contribution is 2.11. The Bertz CT molecular complexity index is 798. The number of amides is 2. The number of piperidine rings is 1. The van der Waals surface area contributed by atoms with Crippen LogP contribution >= 0.6 is 11.6 Å². The maximum absolute atomic E-state index is 12.3. The Morgan fingerprint density at radius 1 is 1.00 bits per heavy atom. The summed E-state index contributed by atoms with van der Waals surface area (Å²) in [7, 11) is 0. The molecule has 0 aromatic heterocycles. The fourth-order valence-corrected chi connectivity index (χ4v) is 3.74. The minimum atomic E-state index is -0.102. The smallest absolute Gasteiger partial charge is 0.224 e. The number of likely N-dealkylation sites (tertiary alicyclic amines) is 1. The monoisotopic (exact) mass is 400 g/mol. The summed E-state index contributed by atoms with van der Waals surface area (Å²) in [4.78, 5) is 24.9. The molecule has 0 saturated carbocycles. The molecule has 1 fully saturated rings. The first-order valence-electron chi connectivity index (χ1n) is 9.72. The van der Waals surface area contributed by atoms with Crippen molar-refractivity contribution in [2.75, 3.05) is 18.4 Å². The number of hydrogen-bond acceptors (Lipinski definition) is 2. The van der Waals surface area contributed by atoms with E-state index in [0.717, 1.165) is 48.7 Å². The molecule has 0 bridgehead atoms. The summed E-state index contributed by atoms with van der Waals surface area (Å²) >= 11 is 5.94. The van der Waals surface area contributed by atoms with E-state index in [1.807, 2.05) is 36.4 Å². The van der Waals surface area contributed by atoms with Gasteiger partial charge in [-0.1, -0.05) is 35.9 Å². The molecule has 0 atom stereocenters. The summed E-state index contributed by atoms with van der Waals surface area (Å²) in [5.41, 5.74) is 2.98. The molecule has 148 valence electrons. The van der Waals surface area contributed by atoms with Crippen molar-refractivity contribution in [3.8, 4) is 0 Å². The third kappa shape index (κ3) is 6.36. The Morgan fingerprint density at radius 3 is 2.21 bits per heavy atom. The molecule has 0 spiro atoms. The average molecular weight is 401 g/mol. The van der Waals surface area contributed by atoms with Crippen LogP contribution in [0.25, 0.3) is 0 Å². The molecule has 2 aromatic rings. The minimum absolute atomic E-state index is 0.0541. The highest BCUT2D eigenvalue weighted by atomic mass is 35.5. The van der Waals surface area contributed by atoms with Crippen LogP contribution in [0.4, 0.5) is 5.69 Å². The van der Waals surface area contributed by atoms with Gasteiger partial charge in [0.15, 0.2) is 0 Å². The average Bonchev–Trinajstić information content (AvgIpc) is 2.66. The lowest BCUT2D eigenvalue weighted by Crippen LogP contribution is -3.12. The number of halogens is 1. The van der Waals surface area contributed by atoms with Gasteiger partial charge >= 0.3 is 0 Å².